The molecule has 1 aromatic carbocycles. The van der Waals surface area contributed by atoms with Crippen molar-refractivity contribution in [3.05, 3.63) is 47.8 Å². The largest absolute Gasteiger partial charge is 0.350 e. The van der Waals surface area contributed by atoms with Crippen LogP contribution in [-0.2, 0) is 16.1 Å². The van der Waals surface area contributed by atoms with Crippen LogP contribution in [0.25, 0.3) is 5.69 Å². The number of nitrogens with one attached hydrogen (secondary N) is 2. The van der Waals surface area contributed by atoms with Gasteiger partial charge in [-0.25, -0.2) is 4.68 Å². The maximum absolute atomic E-state index is 12.5. The Balaban J connectivity index is 1.22. The summed E-state index contributed by atoms with van der Waals surface area (Å²) in [7, 11) is 0. The first-order valence-electron chi connectivity index (χ1n) is 11.3. The average Bonchev–Trinajstić information content (AvgIpc) is 3.10. The molecule has 0 radical (unpaired) electrons. The molecule has 2 aromatic rings. The summed E-state index contributed by atoms with van der Waals surface area (Å²) in [5, 5.41) is 10.7. The highest BCUT2D eigenvalue weighted by Crippen LogP contribution is 2.31. The normalized spacial score (nSPS) is 21.1. The van der Waals surface area contributed by atoms with E-state index in [-0.39, 0.29) is 17.4 Å². The fourth-order valence-corrected chi connectivity index (χ4v) is 4.69. The number of nitrogens with zero attached hydrogens (tertiary/aromatic N) is 4. The highest BCUT2D eigenvalue weighted by atomic mass is 16.2. The van der Waals surface area contributed by atoms with Gasteiger partial charge in [0.05, 0.1) is 31.0 Å². The summed E-state index contributed by atoms with van der Waals surface area (Å²) in [4.78, 5) is 29.2. The van der Waals surface area contributed by atoms with Crippen LogP contribution < -0.4 is 10.6 Å². The van der Waals surface area contributed by atoms with Crippen LogP contribution >= 0.6 is 0 Å². The molecule has 0 saturated carbocycles. The SMILES string of the molecule is Cc1cc(CNC(=O)CN2CC3CC(C2)N3CC(=O)NC(C)(C)C)nn1-c1ccccc1. The lowest BCUT2D eigenvalue weighted by Crippen LogP contribution is -2.70. The van der Waals surface area contributed by atoms with Gasteiger partial charge in [0.25, 0.3) is 0 Å². The van der Waals surface area contributed by atoms with Gasteiger partial charge in [0, 0.05) is 36.4 Å². The Morgan fingerprint density at radius 2 is 1.75 bits per heavy atom. The van der Waals surface area contributed by atoms with E-state index in [4.69, 9.17) is 0 Å². The number of rotatable bonds is 7. The number of hydrogen-bond donors (Lipinski definition) is 2. The van der Waals surface area contributed by atoms with Crippen molar-refractivity contribution in [2.24, 2.45) is 0 Å². The van der Waals surface area contributed by atoms with Crippen molar-refractivity contribution >= 4 is 11.8 Å². The molecular formula is C24H34N6O2. The van der Waals surface area contributed by atoms with E-state index in [1.807, 2.05) is 68.8 Å². The standard InChI is InChI=1S/C24H34N6O2/c1-17-10-18(27-30(17)19-8-6-5-7-9-19)12-25-22(31)15-28-13-20-11-21(14-28)29(20)16-23(32)26-24(2,3)4/h5-10,20-21H,11-16H2,1-4H3,(H,25,31)(H,26,32). The summed E-state index contributed by atoms with van der Waals surface area (Å²) in [6, 6.07) is 12.7. The van der Waals surface area contributed by atoms with Crippen LogP contribution in [0.15, 0.2) is 36.4 Å². The maximum atomic E-state index is 12.5. The van der Waals surface area contributed by atoms with Gasteiger partial charge in [0.1, 0.15) is 0 Å². The highest BCUT2D eigenvalue weighted by molar-refractivity contribution is 5.79. The molecule has 1 aromatic heterocycles. The first kappa shape index (κ1) is 22.5. The lowest BCUT2D eigenvalue weighted by molar-refractivity contribution is -0.135. The fourth-order valence-electron chi connectivity index (χ4n) is 4.69. The third-order valence-electron chi connectivity index (χ3n) is 6.03. The van der Waals surface area contributed by atoms with E-state index < -0.39 is 0 Å². The van der Waals surface area contributed by atoms with E-state index in [2.05, 4.69) is 25.5 Å². The summed E-state index contributed by atoms with van der Waals surface area (Å²) < 4.78 is 1.89. The third kappa shape index (κ3) is 5.37. The number of benzene rings is 1. The zero-order valence-electron chi connectivity index (χ0n) is 19.5. The number of aryl methyl sites for hydroxylation is 1. The summed E-state index contributed by atoms with van der Waals surface area (Å²) in [6.45, 7) is 10.9. The van der Waals surface area contributed by atoms with E-state index >= 15 is 0 Å². The van der Waals surface area contributed by atoms with Crippen molar-refractivity contribution in [2.75, 3.05) is 26.2 Å². The van der Waals surface area contributed by atoms with Crippen molar-refractivity contribution in [3.8, 4) is 5.69 Å². The van der Waals surface area contributed by atoms with E-state index in [0.29, 0.717) is 31.7 Å². The van der Waals surface area contributed by atoms with Gasteiger partial charge in [-0.15, -0.1) is 0 Å². The number of amides is 2. The topological polar surface area (TPSA) is 82.5 Å². The van der Waals surface area contributed by atoms with Crippen LogP contribution in [0.2, 0.25) is 0 Å². The summed E-state index contributed by atoms with van der Waals surface area (Å²) in [5.74, 6) is 0.0823. The minimum atomic E-state index is -0.212. The molecule has 3 aliphatic heterocycles. The molecule has 2 bridgehead atoms. The smallest absolute Gasteiger partial charge is 0.234 e. The third-order valence-corrected chi connectivity index (χ3v) is 6.03. The van der Waals surface area contributed by atoms with Gasteiger partial charge < -0.3 is 10.6 Å². The predicted octanol–water partition coefficient (Wildman–Crippen LogP) is 1.47. The van der Waals surface area contributed by atoms with Crippen LogP contribution in [0, 0.1) is 6.92 Å². The number of piperidine rings is 1. The lowest BCUT2D eigenvalue weighted by Gasteiger charge is -2.56. The van der Waals surface area contributed by atoms with Crippen molar-refractivity contribution in [1.82, 2.24) is 30.2 Å². The van der Waals surface area contributed by atoms with E-state index in [1.165, 1.54) is 0 Å². The summed E-state index contributed by atoms with van der Waals surface area (Å²) in [5.41, 5.74) is 2.68. The van der Waals surface area contributed by atoms with E-state index in [1.54, 1.807) is 0 Å². The van der Waals surface area contributed by atoms with E-state index in [0.717, 1.165) is 36.6 Å². The van der Waals surface area contributed by atoms with Crippen molar-refractivity contribution in [2.45, 2.75) is 58.3 Å². The Morgan fingerprint density at radius 3 is 2.41 bits per heavy atom. The molecule has 2 amide bonds. The molecule has 2 atom stereocenters. The van der Waals surface area contributed by atoms with Crippen molar-refractivity contribution in [1.29, 1.82) is 0 Å². The number of para-hydroxylation sites is 1. The molecule has 8 nitrogen and oxygen atoms in total. The summed E-state index contributed by atoms with van der Waals surface area (Å²) >= 11 is 0. The molecule has 4 heterocycles. The molecule has 8 heteroatoms. The Bertz CT molecular complexity index is 953. The van der Waals surface area contributed by atoms with E-state index in [9.17, 15) is 9.59 Å². The average molecular weight is 439 g/mol. The minimum absolute atomic E-state index is 0.00948. The second-order valence-electron chi connectivity index (χ2n) is 10.0. The minimum Gasteiger partial charge on any atom is -0.350 e. The molecule has 172 valence electrons. The van der Waals surface area contributed by atoms with Gasteiger partial charge in [-0.3, -0.25) is 19.4 Å². The molecule has 32 heavy (non-hydrogen) atoms. The highest BCUT2D eigenvalue weighted by Gasteiger charge is 2.45. The summed E-state index contributed by atoms with van der Waals surface area (Å²) in [6.07, 6.45) is 1.11. The molecular weight excluding hydrogens is 404 g/mol. The van der Waals surface area contributed by atoms with Crippen molar-refractivity contribution in [3.63, 3.8) is 0 Å². The number of fused-ring (bicyclic) bond motifs is 2. The molecule has 2 N–H and O–H groups in total. The Labute approximate surface area is 190 Å². The second kappa shape index (κ2) is 9.03. The lowest BCUT2D eigenvalue weighted by atomic mass is 9.87. The van der Waals surface area contributed by atoms with Crippen LogP contribution in [0.1, 0.15) is 38.6 Å². The van der Waals surface area contributed by atoms with Crippen LogP contribution in [0.3, 0.4) is 0 Å². The van der Waals surface area contributed by atoms with Gasteiger partial charge in [-0.1, -0.05) is 18.2 Å². The molecule has 3 saturated heterocycles. The fraction of sp³-hybridized carbons (Fsp3) is 0.542. The monoisotopic (exact) mass is 438 g/mol. The van der Waals surface area contributed by atoms with Crippen molar-refractivity contribution < 1.29 is 9.59 Å². The Morgan fingerprint density at radius 1 is 1.06 bits per heavy atom. The number of carbonyl (C=O) groups excluding carboxylic acids is 2. The zero-order valence-corrected chi connectivity index (χ0v) is 19.5. The Hall–Kier alpha value is -2.71. The second-order valence-corrected chi connectivity index (χ2v) is 10.0. The molecule has 0 aliphatic carbocycles. The molecule has 0 spiro atoms. The maximum Gasteiger partial charge on any atom is 0.234 e. The number of piperazine rings is 1. The molecule has 3 fully saturated rings. The van der Waals surface area contributed by atoms with Crippen LogP contribution in [0.5, 0.6) is 0 Å². The number of carbonyl (C=O) groups is 2. The molecule has 3 aliphatic rings. The van der Waals surface area contributed by atoms with Gasteiger partial charge in [-0.2, -0.15) is 5.10 Å². The zero-order chi connectivity index (χ0) is 22.9. The first-order valence-corrected chi connectivity index (χ1v) is 11.3. The van der Waals surface area contributed by atoms with Gasteiger partial charge >= 0.3 is 0 Å². The first-order chi connectivity index (χ1) is 15.2. The number of hydrogen-bond acceptors (Lipinski definition) is 5. The van der Waals surface area contributed by atoms with Crippen LogP contribution in [-0.4, -0.2) is 75.2 Å². The van der Waals surface area contributed by atoms with Gasteiger partial charge in [0.15, 0.2) is 0 Å². The molecule has 5 rings (SSSR count). The van der Waals surface area contributed by atoms with Crippen LogP contribution in [0.4, 0.5) is 0 Å². The van der Waals surface area contributed by atoms with Gasteiger partial charge in [-0.05, 0) is 52.3 Å². The predicted molar refractivity (Wildman–Crippen MR) is 123 cm³/mol. The Kier molecular flexibility index (Phi) is 6.35. The molecule has 2 unspecified atom stereocenters. The number of aromatic nitrogens is 2. The van der Waals surface area contributed by atoms with Gasteiger partial charge in [0.2, 0.25) is 11.8 Å². The quantitative estimate of drug-likeness (QED) is 0.684.